The molecule has 234 valence electrons. The Morgan fingerprint density at radius 2 is 1.89 bits per heavy atom. The van der Waals surface area contributed by atoms with Gasteiger partial charge in [-0.15, -0.1) is 5.10 Å². The molecule has 0 amide bonds. The Morgan fingerprint density at radius 1 is 1.16 bits per heavy atom. The van der Waals surface area contributed by atoms with E-state index in [2.05, 4.69) is 40.8 Å². The summed E-state index contributed by atoms with van der Waals surface area (Å²) in [6.45, 7) is 8.03. The molecule has 1 aromatic carbocycles. The van der Waals surface area contributed by atoms with Crippen molar-refractivity contribution < 1.29 is 23.0 Å². The first-order valence-corrected chi connectivity index (χ1v) is 14.5. The van der Waals surface area contributed by atoms with Crippen molar-refractivity contribution in [2.75, 3.05) is 25.0 Å². The molecule has 4 aromatic rings. The van der Waals surface area contributed by atoms with Crippen LogP contribution in [0.5, 0.6) is 5.75 Å². The Balaban J connectivity index is 1.11. The second-order valence-electron chi connectivity index (χ2n) is 12.4. The van der Waals surface area contributed by atoms with Gasteiger partial charge in [0.1, 0.15) is 18.2 Å². The van der Waals surface area contributed by atoms with Gasteiger partial charge in [-0.1, -0.05) is 17.7 Å². The number of hydrogen-bond donors (Lipinski definition) is 2. The first-order valence-electron chi connectivity index (χ1n) is 14.1. The molecule has 1 spiro atoms. The number of hydrogen-bond acceptors (Lipinski definition) is 10. The fourth-order valence-electron chi connectivity index (χ4n) is 6.04. The average molecular weight is 633 g/mol. The van der Waals surface area contributed by atoms with Gasteiger partial charge in [0.05, 0.1) is 28.9 Å². The largest absolute Gasteiger partial charge is 0.487 e. The summed E-state index contributed by atoms with van der Waals surface area (Å²) in [5.41, 5.74) is -0.591. The highest BCUT2D eigenvalue weighted by molar-refractivity contribution is 6.32. The van der Waals surface area contributed by atoms with Gasteiger partial charge in [0, 0.05) is 43.8 Å². The quantitative estimate of drug-likeness (QED) is 0.255. The molecule has 44 heavy (non-hydrogen) atoms. The molecule has 1 aliphatic carbocycles. The van der Waals surface area contributed by atoms with Crippen molar-refractivity contribution in [1.29, 1.82) is 0 Å². The predicted octanol–water partition coefficient (Wildman–Crippen LogP) is 4.62. The summed E-state index contributed by atoms with van der Waals surface area (Å²) in [7, 11) is 0. The number of nitrogens with zero attached hydrogens (tertiary/aromatic N) is 9. The number of alkyl halides is 3. The first-order chi connectivity index (χ1) is 20.8. The molecule has 4 heterocycles. The van der Waals surface area contributed by atoms with E-state index in [1.165, 1.54) is 29.6 Å². The second kappa shape index (κ2) is 11.3. The molecule has 1 atom stereocenters. The summed E-state index contributed by atoms with van der Waals surface area (Å²) in [6.07, 6.45) is 2.42. The van der Waals surface area contributed by atoms with Crippen LogP contribution in [0.15, 0.2) is 43.1 Å². The lowest BCUT2D eigenvalue weighted by Gasteiger charge is -2.59. The molecule has 2 N–H and O–H groups in total. The minimum absolute atomic E-state index is 0.00522. The van der Waals surface area contributed by atoms with Gasteiger partial charge in [-0.25, -0.2) is 14.6 Å². The zero-order valence-corrected chi connectivity index (χ0v) is 25.1. The summed E-state index contributed by atoms with van der Waals surface area (Å²) >= 11 is 6.35. The van der Waals surface area contributed by atoms with E-state index in [9.17, 15) is 18.3 Å². The van der Waals surface area contributed by atoms with E-state index >= 15 is 0 Å². The van der Waals surface area contributed by atoms with Crippen molar-refractivity contribution in [2.45, 2.75) is 64.1 Å². The third kappa shape index (κ3) is 6.64. The Kier molecular flexibility index (Phi) is 7.74. The standard InChI is InChI=1S/C28H32ClF3N10O2/c1-17(11-41-16-35-38-39-41)44-23-6-18(4-5-21(23)29)19-9-33-25(34-10-19)36-22-12-42(37-24(22)28(30,31)32)20-7-27(8-20)14-40(15-27)13-26(2,3)43/h4-6,9-10,12,16-17,20,43H,7-8,11,13-15H2,1-3H3,(H,33,34,36). The van der Waals surface area contributed by atoms with Crippen molar-refractivity contribution in [2.24, 2.45) is 5.41 Å². The molecule has 1 aliphatic heterocycles. The summed E-state index contributed by atoms with van der Waals surface area (Å²) < 4.78 is 50.7. The van der Waals surface area contributed by atoms with E-state index in [0.29, 0.717) is 35.0 Å². The Hall–Kier alpha value is -3.82. The Morgan fingerprint density at radius 3 is 2.52 bits per heavy atom. The monoisotopic (exact) mass is 632 g/mol. The molecule has 6 rings (SSSR count). The number of nitrogens with one attached hydrogen (secondary N) is 1. The maximum Gasteiger partial charge on any atom is 0.437 e. The fraction of sp³-hybridized carbons (Fsp3) is 0.500. The van der Waals surface area contributed by atoms with E-state index in [1.54, 1.807) is 36.7 Å². The number of anilines is 2. The Labute approximate surface area is 256 Å². The van der Waals surface area contributed by atoms with Crippen LogP contribution in [0, 0.1) is 5.41 Å². The zero-order valence-electron chi connectivity index (χ0n) is 24.3. The van der Waals surface area contributed by atoms with Crippen molar-refractivity contribution in [3.05, 3.63) is 53.8 Å². The van der Waals surface area contributed by atoms with E-state index in [1.807, 2.05) is 6.92 Å². The third-order valence-corrected chi connectivity index (χ3v) is 8.08. The lowest BCUT2D eigenvalue weighted by atomic mass is 9.60. The summed E-state index contributed by atoms with van der Waals surface area (Å²) in [6, 6.07) is 5.07. The van der Waals surface area contributed by atoms with Crippen LogP contribution in [0.25, 0.3) is 11.1 Å². The SMILES string of the molecule is CC(Cn1cnnn1)Oc1cc(-c2cnc(Nc3cn(C4CC5(C4)CN(CC(C)(C)O)C5)nc3C(F)(F)F)nc2)ccc1Cl. The van der Waals surface area contributed by atoms with Crippen molar-refractivity contribution in [3.8, 4) is 16.9 Å². The van der Waals surface area contributed by atoms with Crippen LogP contribution in [0.2, 0.25) is 5.02 Å². The number of aromatic nitrogens is 8. The molecule has 0 radical (unpaired) electrons. The number of halogens is 4. The van der Waals surface area contributed by atoms with Crippen LogP contribution in [0.1, 0.15) is 45.3 Å². The number of β-amino-alcohol motifs (C(OH)–C–C–N with tert-alkyl or cyclic N) is 1. The minimum atomic E-state index is -4.66. The van der Waals surface area contributed by atoms with E-state index < -0.39 is 17.5 Å². The zero-order chi connectivity index (χ0) is 31.3. The highest BCUT2D eigenvalue weighted by Crippen LogP contribution is 2.54. The molecule has 2 aliphatic rings. The molecule has 12 nitrogen and oxygen atoms in total. The van der Waals surface area contributed by atoms with Crippen LogP contribution >= 0.6 is 11.6 Å². The van der Waals surface area contributed by atoms with E-state index in [-0.39, 0.29) is 29.2 Å². The lowest BCUT2D eigenvalue weighted by Crippen LogP contribution is -2.64. The maximum absolute atomic E-state index is 13.9. The number of ether oxygens (including phenoxy) is 1. The molecule has 0 bridgehead atoms. The topological polar surface area (TPSA) is 132 Å². The molecule has 3 aromatic heterocycles. The van der Waals surface area contributed by atoms with E-state index in [0.717, 1.165) is 25.9 Å². The lowest BCUT2D eigenvalue weighted by molar-refractivity contribution is -0.142. The van der Waals surface area contributed by atoms with Gasteiger partial charge in [-0.05, 0) is 67.2 Å². The maximum atomic E-state index is 13.9. The predicted molar refractivity (Wildman–Crippen MR) is 154 cm³/mol. The molecule has 1 saturated heterocycles. The number of tetrazole rings is 1. The number of rotatable bonds is 10. The smallest absolute Gasteiger partial charge is 0.437 e. The van der Waals surface area contributed by atoms with Gasteiger partial charge in [0.15, 0.2) is 5.69 Å². The number of benzene rings is 1. The van der Waals surface area contributed by atoms with Crippen molar-refractivity contribution in [3.63, 3.8) is 0 Å². The van der Waals surface area contributed by atoms with Gasteiger partial charge in [-0.3, -0.25) is 9.58 Å². The molecule has 16 heteroatoms. The first kappa shape index (κ1) is 30.2. The Bertz CT molecular complexity index is 1590. The van der Waals surface area contributed by atoms with E-state index in [4.69, 9.17) is 16.3 Å². The number of aliphatic hydroxyl groups is 1. The second-order valence-corrected chi connectivity index (χ2v) is 12.8. The molecule has 2 fully saturated rings. The molecular weight excluding hydrogens is 601 g/mol. The number of likely N-dealkylation sites (tertiary alicyclic amines) is 1. The summed E-state index contributed by atoms with van der Waals surface area (Å²) in [4.78, 5) is 10.7. The van der Waals surface area contributed by atoms with Crippen molar-refractivity contribution >= 4 is 23.2 Å². The highest BCUT2D eigenvalue weighted by atomic mass is 35.5. The van der Waals surface area contributed by atoms with Gasteiger partial charge >= 0.3 is 6.18 Å². The minimum Gasteiger partial charge on any atom is -0.487 e. The van der Waals surface area contributed by atoms with Crippen LogP contribution in [-0.2, 0) is 12.7 Å². The molecule has 1 saturated carbocycles. The van der Waals surface area contributed by atoms with Gasteiger partial charge in [0.2, 0.25) is 5.95 Å². The van der Waals surface area contributed by atoms with Gasteiger partial charge in [0.25, 0.3) is 0 Å². The van der Waals surface area contributed by atoms with Gasteiger partial charge in [-0.2, -0.15) is 18.3 Å². The van der Waals surface area contributed by atoms with Crippen LogP contribution < -0.4 is 10.1 Å². The highest BCUT2D eigenvalue weighted by Gasteiger charge is 2.54. The summed E-state index contributed by atoms with van der Waals surface area (Å²) in [5, 5.41) is 28.1. The van der Waals surface area contributed by atoms with Crippen LogP contribution in [0.3, 0.4) is 0 Å². The summed E-state index contributed by atoms with van der Waals surface area (Å²) in [5.74, 6) is 0.449. The normalized spacial score (nSPS) is 17.7. The van der Waals surface area contributed by atoms with Gasteiger partial charge < -0.3 is 15.2 Å². The molecule has 1 unspecified atom stereocenters. The van der Waals surface area contributed by atoms with Crippen LogP contribution in [-0.4, -0.2) is 81.3 Å². The molecular formula is C28H32ClF3N10O2. The average Bonchev–Trinajstić information content (AvgIpc) is 3.56. The third-order valence-electron chi connectivity index (χ3n) is 7.77. The van der Waals surface area contributed by atoms with Crippen molar-refractivity contribution in [1.82, 2.24) is 44.9 Å². The van der Waals surface area contributed by atoms with Crippen LogP contribution in [0.4, 0.5) is 24.8 Å². The fourth-order valence-corrected chi connectivity index (χ4v) is 6.20.